The number of nitrogens with one attached hydrogen (secondary N) is 2. The molecular formula is C21H23N5O2. The summed E-state index contributed by atoms with van der Waals surface area (Å²) in [4.78, 5) is 36.9. The lowest BCUT2D eigenvalue weighted by Crippen LogP contribution is -2.39. The third-order valence-electron chi connectivity index (χ3n) is 6.09. The standard InChI is InChI=1S/C21H23N5O2/c1-12(2)17-24-16-13(7-9-22-19(16)27)18(25-17)26-10-8-21(11-26)14-5-3-4-6-15(14)23-20(21)28/h3-6,12H,7-11H2,1-2H3,(H,22,27)(H,23,28). The van der Waals surface area contributed by atoms with Gasteiger partial charge in [-0.05, 0) is 24.5 Å². The van der Waals surface area contributed by atoms with E-state index in [0.29, 0.717) is 31.0 Å². The first kappa shape index (κ1) is 17.2. The van der Waals surface area contributed by atoms with Crippen LogP contribution in [0.3, 0.4) is 0 Å². The summed E-state index contributed by atoms with van der Waals surface area (Å²) in [5.41, 5.74) is 2.80. The first-order chi connectivity index (χ1) is 13.5. The van der Waals surface area contributed by atoms with E-state index in [1.165, 1.54) is 0 Å². The van der Waals surface area contributed by atoms with Crippen molar-refractivity contribution in [3.8, 4) is 0 Å². The van der Waals surface area contributed by atoms with Crippen LogP contribution in [0.2, 0.25) is 0 Å². The summed E-state index contributed by atoms with van der Waals surface area (Å²) < 4.78 is 0. The monoisotopic (exact) mass is 377 g/mol. The molecule has 2 amide bonds. The molecule has 1 spiro atoms. The lowest BCUT2D eigenvalue weighted by molar-refractivity contribution is -0.120. The summed E-state index contributed by atoms with van der Waals surface area (Å²) in [6.45, 7) is 5.94. The lowest BCUT2D eigenvalue weighted by atomic mass is 9.81. The molecule has 1 saturated heterocycles. The molecule has 0 saturated carbocycles. The summed E-state index contributed by atoms with van der Waals surface area (Å²) in [7, 11) is 0. The molecule has 0 aliphatic carbocycles. The number of benzene rings is 1. The van der Waals surface area contributed by atoms with E-state index < -0.39 is 5.41 Å². The maximum absolute atomic E-state index is 12.9. The fourth-order valence-electron chi connectivity index (χ4n) is 4.58. The first-order valence-electron chi connectivity index (χ1n) is 9.84. The Kier molecular flexibility index (Phi) is 3.69. The molecule has 1 fully saturated rings. The van der Waals surface area contributed by atoms with E-state index in [4.69, 9.17) is 4.98 Å². The number of carbonyl (C=O) groups is 2. The minimum atomic E-state index is -0.552. The number of fused-ring (bicyclic) bond motifs is 3. The van der Waals surface area contributed by atoms with Gasteiger partial charge in [0.2, 0.25) is 5.91 Å². The topological polar surface area (TPSA) is 87.2 Å². The quantitative estimate of drug-likeness (QED) is 0.836. The Bertz CT molecular complexity index is 1000. The van der Waals surface area contributed by atoms with Crippen molar-refractivity contribution in [1.82, 2.24) is 15.3 Å². The predicted octanol–water partition coefficient (Wildman–Crippen LogP) is 1.99. The number of carbonyl (C=O) groups excluding carboxylic acids is 2. The average Bonchev–Trinajstić information content (AvgIpc) is 3.25. The normalized spacial score (nSPS) is 23.0. The SMILES string of the molecule is CC(C)c1nc2c(c(N3CCC4(C3)C(=O)Nc3ccccc34)n1)CCNC2=O. The highest BCUT2D eigenvalue weighted by Gasteiger charge is 2.51. The molecule has 2 N–H and O–H groups in total. The van der Waals surface area contributed by atoms with Crippen LogP contribution in [0.4, 0.5) is 11.5 Å². The maximum Gasteiger partial charge on any atom is 0.270 e. The second-order valence-electron chi connectivity index (χ2n) is 8.15. The summed E-state index contributed by atoms with van der Waals surface area (Å²) in [5, 5.41) is 5.92. The van der Waals surface area contributed by atoms with E-state index in [0.717, 1.165) is 35.6 Å². The molecule has 5 rings (SSSR count). The van der Waals surface area contributed by atoms with Crippen molar-refractivity contribution in [1.29, 1.82) is 0 Å². The van der Waals surface area contributed by atoms with Gasteiger partial charge in [0, 0.05) is 36.8 Å². The molecule has 7 heteroatoms. The number of hydrogen-bond donors (Lipinski definition) is 2. The van der Waals surface area contributed by atoms with E-state index in [2.05, 4.69) is 20.5 Å². The zero-order valence-corrected chi connectivity index (χ0v) is 16.1. The lowest BCUT2D eigenvalue weighted by Gasteiger charge is -2.27. The Hall–Kier alpha value is -2.96. The number of anilines is 2. The fraction of sp³-hybridized carbons (Fsp3) is 0.429. The summed E-state index contributed by atoms with van der Waals surface area (Å²) in [6, 6.07) is 7.92. The number of aromatic nitrogens is 2. The van der Waals surface area contributed by atoms with Crippen LogP contribution in [-0.4, -0.2) is 41.4 Å². The zero-order valence-electron chi connectivity index (χ0n) is 16.1. The second kappa shape index (κ2) is 6.02. The predicted molar refractivity (Wildman–Crippen MR) is 106 cm³/mol. The maximum atomic E-state index is 12.9. The molecule has 4 heterocycles. The minimum Gasteiger partial charge on any atom is -0.355 e. The minimum absolute atomic E-state index is 0.0564. The highest BCUT2D eigenvalue weighted by Crippen LogP contribution is 2.45. The molecule has 0 radical (unpaired) electrons. The smallest absolute Gasteiger partial charge is 0.270 e. The van der Waals surface area contributed by atoms with Gasteiger partial charge in [-0.1, -0.05) is 32.0 Å². The van der Waals surface area contributed by atoms with Crippen molar-refractivity contribution in [2.45, 2.75) is 38.0 Å². The van der Waals surface area contributed by atoms with Gasteiger partial charge >= 0.3 is 0 Å². The molecule has 28 heavy (non-hydrogen) atoms. The van der Waals surface area contributed by atoms with Crippen LogP contribution in [0.5, 0.6) is 0 Å². The molecule has 144 valence electrons. The number of hydrogen-bond acceptors (Lipinski definition) is 5. The highest BCUT2D eigenvalue weighted by atomic mass is 16.2. The zero-order chi connectivity index (χ0) is 19.5. The van der Waals surface area contributed by atoms with Crippen molar-refractivity contribution in [3.05, 3.63) is 46.9 Å². The van der Waals surface area contributed by atoms with Crippen molar-refractivity contribution in [2.75, 3.05) is 29.9 Å². The van der Waals surface area contributed by atoms with E-state index in [1.54, 1.807) is 0 Å². The van der Waals surface area contributed by atoms with Crippen molar-refractivity contribution in [2.24, 2.45) is 0 Å². The van der Waals surface area contributed by atoms with Crippen LogP contribution in [-0.2, 0) is 16.6 Å². The first-order valence-corrected chi connectivity index (χ1v) is 9.84. The van der Waals surface area contributed by atoms with Gasteiger partial charge < -0.3 is 15.5 Å². The van der Waals surface area contributed by atoms with Gasteiger partial charge in [0.1, 0.15) is 17.3 Å². The van der Waals surface area contributed by atoms with E-state index in [9.17, 15) is 9.59 Å². The molecule has 3 aliphatic heterocycles. The van der Waals surface area contributed by atoms with Crippen LogP contribution in [0.15, 0.2) is 24.3 Å². The van der Waals surface area contributed by atoms with Crippen LogP contribution in [0.1, 0.15) is 53.6 Å². The summed E-state index contributed by atoms with van der Waals surface area (Å²) in [5.74, 6) is 1.53. The van der Waals surface area contributed by atoms with E-state index in [-0.39, 0.29) is 17.7 Å². The molecule has 0 bridgehead atoms. The Labute approximate surface area is 163 Å². The van der Waals surface area contributed by atoms with E-state index >= 15 is 0 Å². The Morgan fingerprint density at radius 1 is 1.18 bits per heavy atom. The Morgan fingerprint density at radius 3 is 2.82 bits per heavy atom. The van der Waals surface area contributed by atoms with Crippen molar-refractivity contribution in [3.63, 3.8) is 0 Å². The summed E-state index contributed by atoms with van der Waals surface area (Å²) >= 11 is 0. The average molecular weight is 377 g/mol. The summed E-state index contributed by atoms with van der Waals surface area (Å²) in [6.07, 6.45) is 1.44. The number of rotatable bonds is 2. The third-order valence-corrected chi connectivity index (χ3v) is 6.09. The van der Waals surface area contributed by atoms with Gasteiger partial charge in [-0.15, -0.1) is 0 Å². The number of para-hydroxylation sites is 1. The third kappa shape index (κ3) is 2.35. The van der Waals surface area contributed by atoms with Crippen LogP contribution in [0, 0.1) is 0 Å². The van der Waals surface area contributed by atoms with Gasteiger partial charge in [0.25, 0.3) is 5.91 Å². The van der Waals surface area contributed by atoms with Crippen LogP contribution < -0.4 is 15.5 Å². The molecule has 1 unspecified atom stereocenters. The fourth-order valence-corrected chi connectivity index (χ4v) is 4.58. The van der Waals surface area contributed by atoms with Gasteiger partial charge in [-0.25, -0.2) is 9.97 Å². The number of nitrogens with zero attached hydrogens (tertiary/aromatic N) is 3. The van der Waals surface area contributed by atoms with Crippen LogP contribution in [0.25, 0.3) is 0 Å². The molecular weight excluding hydrogens is 354 g/mol. The Morgan fingerprint density at radius 2 is 2.00 bits per heavy atom. The Balaban J connectivity index is 1.58. The molecule has 1 atom stereocenters. The second-order valence-corrected chi connectivity index (χ2v) is 8.15. The van der Waals surface area contributed by atoms with Gasteiger partial charge in [0.15, 0.2) is 0 Å². The van der Waals surface area contributed by atoms with Crippen molar-refractivity contribution >= 4 is 23.3 Å². The number of amides is 2. The molecule has 1 aromatic carbocycles. The molecule has 3 aliphatic rings. The van der Waals surface area contributed by atoms with Crippen LogP contribution >= 0.6 is 0 Å². The van der Waals surface area contributed by atoms with Crippen molar-refractivity contribution < 1.29 is 9.59 Å². The molecule has 7 nitrogen and oxygen atoms in total. The largest absolute Gasteiger partial charge is 0.355 e. The van der Waals surface area contributed by atoms with Gasteiger partial charge in [-0.3, -0.25) is 9.59 Å². The molecule has 1 aromatic heterocycles. The van der Waals surface area contributed by atoms with Gasteiger partial charge in [-0.2, -0.15) is 0 Å². The molecule has 2 aromatic rings. The van der Waals surface area contributed by atoms with E-state index in [1.807, 2.05) is 38.1 Å². The highest BCUT2D eigenvalue weighted by molar-refractivity contribution is 6.07. The van der Waals surface area contributed by atoms with Gasteiger partial charge in [0.05, 0.1) is 5.41 Å².